The average Bonchev–Trinajstić information content (AvgIpc) is 2.80. The lowest BCUT2D eigenvalue weighted by molar-refractivity contribution is -0.140. The van der Waals surface area contributed by atoms with Crippen molar-refractivity contribution in [3.05, 3.63) is 58.7 Å². The normalized spacial score (nSPS) is 19.6. The molecule has 2 aliphatic rings. The quantitative estimate of drug-likeness (QED) is 0.688. The number of benzene rings is 1. The van der Waals surface area contributed by atoms with Crippen molar-refractivity contribution in [1.29, 1.82) is 0 Å². The molecule has 0 aliphatic carbocycles. The van der Waals surface area contributed by atoms with Crippen LogP contribution in [0.3, 0.4) is 0 Å². The van der Waals surface area contributed by atoms with E-state index in [0.29, 0.717) is 26.1 Å². The van der Waals surface area contributed by atoms with E-state index in [9.17, 15) is 9.59 Å². The lowest BCUT2D eigenvalue weighted by Gasteiger charge is -2.39. The second-order valence-corrected chi connectivity index (χ2v) is 8.90. The molecule has 0 saturated carbocycles. The predicted octanol–water partition coefficient (Wildman–Crippen LogP) is 2.97. The van der Waals surface area contributed by atoms with Gasteiger partial charge in [-0.3, -0.25) is 9.59 Å². The van der Waals surface area contributed by atoms with E-state index in [1.807, 2.05) is 52.3 Å². The summed E-state index contributed by atoms with van der Waals surface area (Å²) in [6.07, 6.45) is 3.96. The van der Waals surface area contributed by atoms with E-state index in [1.165, 1.54) is 0 Å². The van der Waals surface area contributed by atoms with Crippen LogP contribution in [0.1, 0.15) is 18.4 Å². The van der Waals surface area contributed by atoms with Gasteiger partial charge in [0.1, 0.15) is 5.82 Å². The van der Waals surface area contributed by atoms with Crippen molar-refractivity contribution in [3.8, 4) is 0 Å². The van der Waals surface area contributed by atoms with E-state index < -0.39 is 0 Å². The summed E-state index contributed by atoms with van der Waals surface area (Å²) in [7, 11) is 0. The highest BCUT2D eigenvalue weighted by Gasteiger charge is 2.32. The molecule has 30 heavy (non-hydrogen) atoms. The fraction of sp³-hybridized carbons (Fsp3) is 0.435. The number of halogens is 1. The number of carbonyl (C=O) groups excluding carboxylic acids is 2. The van der Waals surface area contributed by atoms with Gasteiger partial charge in [0.25, 0.3) is 0 Å². The third-order valence-electron chi connectivity index (χ3n) is 5.95. The lowest BCUT2D eigenvalue weighted by Crippen LogP contribution is -2.53. The van der Waals surface area contributed by atoms with E-state index in [2.05, 4.69) is 25.8 Å². The Bertz CT molecular complexity index is 867. The van der Waals surface area contributed by atoms with Crippen molar-refractivity contribution >= 4 is 33.6 Å². The molecule has 1 aromatic heterocycles. The molecule has 2 fully saturated rings. The molecule has 0 radical (unpaired) electrons. The van der Waals surface area contributed by atoms with Crippen molar-refractivity contribution in [3.63, 3.8) is 0 Å². The molecule has 1 atom stereocenters. The van der Waals surface area contributed by atoms with E-state index in [-0.39, 0.29) is 17.7 Å². The van der Waals surface area contributed by atoms with Crippen molar-refractivity contribution in [2.75, 3.05) is 44.2 Å². The summed E-state index contributed by atoms with van der Waals surface area (Å²) in [6, 6.07) is 13.8. The van der Waals surface area contributed by atoms with Crippen LogP contribution in [-0.4, -0.2) is 65.9 Å². The monoisotopic (exact) mass is 470 g/mol. The van der Waals surface area contributed by atoms with Crippen LogP contribution in [0.2, 0.25) is 0 Å². The number of hydrogen-bond donors (Lipinski definition) is 0. The van der Waals surface area contributed by atoms with Gasteiger partial charge in [-0.25, -0.2) is 4.98 Å². The van der Waals surface area contributed by atoms with Gasteiger partial charge in [-0.05, 0) is 46.5 Å². The second kappa shape index (κ2) is 9.60. The number of amides is 2. The Labute approximate surface area is 186 Å². The smallest absolute Gasteiger partial charge is 0.227 e. The third kappa shape index (κ3) is 5.01. The maximum atomic E-state index is 13.1. The van der Waals surface area contributed by atoms with Crippen LogP contribution in [0.25, 0.3) is 0 Å². The number of nitrogens with zero attached hydrogens (tertiary/aromatic N) is 4. The van der Waals surface area contributed by atoms with Crippen LogP contribution >= 0.6 is 15.9 Å². The van der Waals surface area contributed by atoms with Crippen LogP contribution in [-0.2, 0) is 16.0 Å². The van der Waals surface area contributed by atoms with Crippen molar-refractivity contribution in [2.45, 2.75) is 19.3 Å². The highest BCUT2D eigenvalue weighted by Crippen LogP contribution is 2.22. The number of pyridine rings is 1. The molecule has 2 aliphatic heterocycles. The number of rotatable bonds is 4. The van der Waals surface area contributed by atoms with Crippen LogP contribution in [0.5, 0.6) is 0 Å². The Hall–Kier alpha value is -2.41. The fourth-order valence-corrected chi connectivity index (χ4v) is 4.49. The minimum Gasteiger partial charge on any atom is -0.353 e. The van der Waals surface area contributed by atoms with Gasteiger partial charge in [0.05, 0.1) is 12.3 Å². The molecule has 158 valence electrons. The molecule has 1 aromatic carbocycles. The van der Waals surface area contributed by atoms with Crippen molar-refractivity contribution in [2.24, 2.45) is 5.92 Å². The highest BCUT2D eigenvalue weighted by molar-refractivity contribution is 9.10. The number of likely N-dealkylation sites (tertiary alicyclic amines) is 1. The number of piperazine rings is 1. The topological polar surface area (TPSA) is 56.8 Å². The first-order valence-corrected chi connectivity index (χ1v) is 11.4. The Morgan fingerprint density at radius 3 is 2.43 bits per heavy atom. The third-order valence-corrected chi connectivity index (χ3v) is 6.42. The minimum absolute atomic E-state index is 0.0872. The van der Waals surface area contributed by atoms with Crippen molar-refractivity contribution in [1.82, 2.24) is 14.8 Å². The summed E-state index contributed by atoms with van der Waals surface area (Å²) in [5.41, 5.74) is 1.02. The molecular formula is C23H27BrN4O2. The van der Waals surface area contributed by atoms with Gasteiger partial charge in [-0.1, -0.05) is 30.3 Å². The van der Waals surface area contributed by atoms with Crippen LogP contribution in [0.4, 0.5) is 5.82 Å². The first-order valence-electron chi connectivity index (χ1n) is 10.6. The highest BCUT2D eigenvalue weighted by atomic mass is 79.9. The standard InChI is InChI=1S/C23H27BrN4O2/c24-20-8-9-21(25-16-20)26-11-13-27(14-12-26)23(30)19-7-4-10-28(17-19)22(29)15-18-5-2-1-3-6-18/h1-3,5-6,8-9,16,19H,4,7,10-15,17H2. The lowest BCUT2D eigenvalue weighted by atomic mass is 9.95. The first kappa shape index (κ1) is 20.8. The number of hydrogen-bond acceptors (Lipinski definition) is 4. The molecule has 1 unspecified atom stereocenters. The maximum Gasteiger partial charge on any atom is 0.227 e. The molecule has 6 nitrogen and oxygen atoms in total. The van der Waals surface area contributed by atoms with E-state index in [1.54, 1.807) is 6.20 Å². The van der Waals surface area contributed by atoms with Gasteiger partial charge in [-0.2, -0.15) is 0 Å². The van der Waals surface area contributed by atoms with E-state index >= 15 is 0 Å². The molecule has 2 saturated heterocycles. The van der Waals surface area contributed by atoms with Crippen LogP contribution < -0.4 is 4.90 Å². The van der Waals surface area contributed by atoms with Gasteiger partial charge in [0, 0.05) is 49.9 Å². The molecule has 2 amide bonds. The van der Waals surface area contributed by atoms with E-state index in [4.69, 9.17) is 0 Å². The fourth-order valence-electron chi connectivity index (χ4n) is 4.26. The Morgan fingerprint density at radius 2 is 1.73 bits per heavy atom. The summed E-state index contributed by atoms with van der Waals surface area (Å²) in [6.45, 7) is 4.25. The Balaban J connectivity index is 1.30. The number of aromatic nitrogens is 1. The molecular weight excluding hydrogens is 444 g/mol. The molecule has 0 bridgehead atoms. The van der Waals surface area contributed by atoms with Gasteiger partial charge in [0.2, 0.25) is 11.8 Å². The Morgan fingerprint density at radius 1 is 0.967 bits per heavy atom. The zero-order valence-electron chi connectivity index (χ0n) is 17.0. The molecule has 7 heteroatoms. The summed E-state index contributed by atoms with van der Waals surface area (Å²) in [5.74, 6) is 1.16. The van der Waals surface area contributed by atoms with Gasteiger partial charge >= 0.3 is 0 Å². The SMILES string of the molecule is O=C(Cc1ccccc1)N1CCCC(C(=O)N2CCN(c3ccc(Br)cn3)CC2)C1. The first-order chi connectivity index (χ1) is 14.6. The van der Waals surface area contributed by atoms with Gasteiger partial charge in [-0.15, -0.1) is 0 Å². The molecule has 2 aromatic rings. The zero-order valence-corrected chi connectivity index (χ0v) is 18.6. The largest absolute Gasteiger partial charge is 0.353 e. The predicted molar refractivity (Wildman–Crippen MR) is 120 cm³/mol. The van der Waals surface area contributed by atoms with Gasteiger partial charge < -0.3 is 14.7 Å². The van der Waals surface area contributed by atoms with Crippen LogP contribution in [0, 0.1) is 5.92 Å². The van der Waals surface area contributed by atoms with E-state index in [0.717, 1.165) is 48.3 Å². The average molecular weight is 471 g/mol. The molecule has 0 N–H and O–H groups in total. The Kier molecular flexibility index (Phi) is 6.67. The number of carbonyl (C=O) groups is 2. The summed E-state index contributed by atoms with van der Waals surface area (Å²) in [4.78, 5) is 36.3. The number of piperidine rings is 1. The summed E-state index contributed by atoms with van der Waals surface area (Å²) < 4.78 is 0.962. The summed E-state index contributed by atoms with van der Waals surface area (Å²) >= 11 is 3.41. The molecule has 0 spiro atoms. The maximum absolute atomic E-state index is 13.1. The zero-order chi connectivity index (χ0) is 20.9. The minimum atomic E-state index is -0.0872. The van der Waals surface area contributed by atoms with Crippen molar-refractivity contribution < 1.29 is 9.59 Å². The second-order valence-electron chi connectivity index (χ2n) is 7.99. The molecule has 3 heterocycles. The summed E-state index contributed by atoms with van der Waals surface area (Å²) in [5, 5.41) is 0. The number of anilines is 1. The molecule has 4 rings (SSSR count). The van der Waals surface area contributed by atoms with Gasteiger partial charge in [0.15, 0.2) is 0 Å². The van der Waals surface area contributed by atoms with Crippen LogP contribution in [0.15, 0.2) is 53.1 Å².